The lowest BCUT2D eigenvalue weighted by molar-refractivity contribution is -0.113. The lowest BCUT2D eigenvalue weighted by atomic mass is 10.1. The van der Waals surface area contributed by atoms with Gasteiger partial charge in [0, 0.05) is 11.7 Å². The molecule has 1 N–H and O–H groups in total. The Kier molecular flexibility index (Phi) is 4.51. The van der Waals surface area contributed by atoms with Crippen molar-refractivity contribution in [1.82, 2.24) is 14.8 Å². The van der Waals surface area contributed by atoms with E-state index in [4.69, 9.17) is 0 Å². The number of carbonyl (C=O) groups is 1. The second-order valence-corrected chi connectivity index (χ2v) is 7.60. The summed E-state index contributed by atoms with van der Waals surface area (Å²) in [5.74, 6) is 0.270. The molecule has 132 valence electrons. The SMILES string of the molecule is CC(C)n1cnnc1SCC(=O)Nc1ccc2c(c1)Cc1ccccc1-2. The predicted octanol–water partition coefficient (Wildman–Crippen LogP) is 4.16. The first-order chi connectivity index (χ1) is 12.6. The third-order valence-electron chi connectivity index (χ3n) is 4.51. The molecule has 0 radical (unpaired) electrons. The Balaban J connectivity index is 1.41. The predicted molar refractivity (Wildman–Crippen MR) is 104 cm³/mol. The van der Waals surface area contributed by atoms with Crippen LogP contribution in [-0.4, -0.2) is 26.4 Å². The van der Waals surface area contributed by atoms with Crippen molar-refractivity contribution in [3.05, 3.63) is 59.9 Å². The van der Waals surface area contributed by atoms with Crippen molar-refractivity contribution in [2.45, 2.75) is 31.5 Å². The van der Waals surface area contributed by atoms with E-state index in [1.54, 1.807) is 6.33 Å². The number of nitrogens with zero attached hydrogens (tertiary/aromatic N) is 3. The minimum absolute atomic E-state index is 0.0382. The summed E-state index contributed by atoms with van der Waals surface area (Å²) >= 11 is 1.40. The molecule has 4 rings (SSSR count). The number of anilines is 1. The summed E-state index contributed by atoms with van der Waals surface area (Å²) in [6, 6.07) is 14.9. The van der Waals surface area contributed by atoms with Gasteiger partial charge in [0.05, 0.1) is 5.75 Å². The van der Waals surface area contributed by atoms with E-state index in [2.05, 4.69) is 65.8 Å². The molecule has 1 heterocycles. The van der Waals surface area contributed by atoms with Crippen LogP contribution < -0.4 is 5.32 Å². The van der Waals surface area contributed by atoms with E-state index in [1.807, 2.05) is 10.6 Å². The minimum Gasteiger partial charge on any atom is -0.325 e. The minimum atomic E-state index is -0.0382. The first kappa shape index (κ1) is 16.8. The number of benzene rings is 2. The number of thioether (sulfide) groups is 1. The van der Waals surface area contributed by atoms with Crippen LogP contribution in [0.25, 0.3) is 11.1 Å². The van der Waals surface area contributed by atoms with E-state index in [0.29, 0.717) is 5.75 Å². The van der Waals surface area contributed by atoms with Gasteiger partial charge in [-0.1, -0.05) is 42.1 Å². The van der Waals surface area contributed by atoms with Gasteiger partial charge in [-0.15, -0.1) is 10.2 Å². The molecule has 2 aromatic carbocycles. The highest BCUT2D eigenvalue weighted by Crippen LogP contribution is 2.37. The summed E-state index contributed by atoms with van der Waals surface area (Å²) in [5, 5.41) is 11.8. The highest BCUT2D eigenvalue weighted by Gasteiger charge is 2.18. The van der Waals surface area contributed by atoms with Gasteiger partial charge >= 0.3 is 0 Å². The smallest absolute Gasteiger partial charge is 0.234 e. The third kappa shape index (κ3) is 3.24. The molecule has 6 heteroatoms. The van der Waals surface area contributed by atoms with Crippen molar-refractivity contribution in [1.29, 1.82) is 0 Å². The van der Waals surface area contributed by atoms with Gasteiger partial charge < -0.3 is 9.88 Å². The monoisotopic (exact) mass is 364 g/mol. The molecule has 0 unspecified atom stereocenters. The Bertz CT molecular complexity index is 964. The van der Waals surface area contributed by atoms with Crippen LogP contribution >= 0.6 is 11.8 Å². The Morgan fingerprint density at radius 1 is 1.19 bits per heavy atom. The molecule has 3 aromatic rings. The van der Waals surface area contributed by atoms with Gasteiger partial charge in [0.15, 0.2) is 5.16 Å². The molecule has 0 fully saturated rings. The number of fused-ring (bicyclic) bond motifs is 3. The van der Waals surface area contributed by atoms with Crippen molar-refractivity contribution in [3.63, 3.8) is 0 Å². The molecule has 0 saturated heterocycles. The molecule has 0 saturated carbocycles. The lowest BCUT2D eigenvalue weighted by Crippen LogP contribution is -2.15. The zero-order chi connectivity index (χ0) is 18.1. The van der Waals surface area contributed by atoms with Crippen LogP contribution in [0, 0.1) is 0 Å². The number of hydrogen-bond donors (Lipinski definition) is 1. The number of hydrogen-bond acceptors (Lipinski definition) is 4. The number of amides is 1. The first-order valence-corrected chi connectivity index (χ1v) is 9.64. The van der Waals surface area contributed by atoms with E-state index in [-0.39, 0.29) is 11.9 Å². The lowest BCUT2D eigenvalue weighted by Gasteiger charge is -2.10. The van der Waals surface area contributed by atoms with Gasteiger partial charge in [-0.2, -0.15) is 0 Å². The van der Waals surface area contributed by atoms with E-state index < -0.39 is 0 Å². The third-order valence-corrected chi connectivity index (χ3v) is 5.46. The molecular formula is C20H20N4OS. The fourth-order valence-corrected chi connectivity index (χ4v) is 4.08. The standard InChI is InChI=1S/C20H20N4OS/c1-13(2)24-12-21-23-20(24)26-11-19(25)22-16-7-8-18-15(10-16)9-14-5-3-4-6-17(14)18/h3-8,10,12-13H,9,11H2,1-2H3,(H,22,25). The fourth-order valence-electron chi connectivity index (χ4n) is 3.24. The largest absolute Gasteiger partial charge is 0.325 e. The van der Waals surface area contributed by atoms with E-state index in [0.717, 1.165) is 17.3 Å². The van der Waals surface area contributed by atoms with Gasteiger partial charge in [-0.05, 0) is 54.7 Å². The summed E-state index contributed by atoms with van der Waals surface area (Å²) < 4.78 is 1.96. The Hall–Kier alpha value is -2.60. The molecule has 1 amide bonds. The highest BCUT2D eigenvalue weighted by molar-refractivity contribution is 7.99. The van der Waals surface area contributed by atoms with Gasteiger partial charge in [0.2, 0.25) is 5.91 Å². The summed E-state index contributed by atoms with van der Waals surface area (Å²) in [5.41, 5.74) is 6.00. The van der Waals surface area contributed by atoms with E-state index >= 15 is 0 Å². The Labute approximate surface area is 156 Å². The van der Waals surface area contributed by atoms with Crippen LogP contribution in [0.5, 0.6) is 0 Å². The summed E-state index contributed by atoms with van der Waals surface area (Å²) in [7, 11) is 0. The van der Waals surface area contributed by atoms with Crippen molar-refractivity contribution in [2.24, 2.45) is 0 Å². The normalized spacial score (nSPS) is 12.1. The average molecular weight is 364 g/mol. The van der Waals surface area contributed by atoms with Crippen molar-refractivity contribution >= 4 is 23.4 Å². The topological polar surface area (TPSA) is 59.8 Å². The maximum Gasteiger partial charge on any atom is 0.234 e. The number of rotatable bonds is 5. The molecule has 0 aliphatic heterocycles. The second-order valence-electron chi connectivity index (χ2n) is 6.66. The quantitative estimate of drug-likeness (QED) is 0.540. The maximum absolute atomic E-state index is 12.3. The van der Waals surface area contributed by atoms with Gasteiger partial charge in [0.1, 0.15) is 6.33 Å². The number of aromatic nitrogens is 3. The van der Waals surface area contributed by atoms with Crippen molar-refractivity contribution in [2.75, 3.05) is 11.1 Å². The first-order valence-electron chi connectivity index (χ1n) is 8.65. The Morgan fingerprint density at radius 3 is 2.85 bits per heavy atom. The zero-order valence-corrected chi connectivity index (χ0v) is 15.6. The maximum atomic E-state index is 12.3. The highest BCUT2D eigenvalue weighted by atomic mass is 32.2. The van der Waals surface area contributed by atoms with Crippen molar-refractivity contribution < 1.29 is 4.79 Å². The Morgan fingerprint density at radius 2 is 2.00 bits per heavy atom. The molecule has 5 nitrogen and oxygen atoms in total. The van der Waals surface area contributed by atoms with Crippen LogP contribution in [0.15, 0.2) is 53.9 Å². The molecule has 0 bridgehead atoms. The number of nitrogens with one attached hydrogen (secondary N) is 1. The fraction of sp³-hybridized carbons (Fsp3) is 0.250. The van der Waals surface area contributed by atoms with Gasteiger partial charge in [-0.25, -0.2) is 0 Å². The van der Waals surface area contributed by atoms with Gasteiger partial charge in [0.25, 0.3) is 0 Å². The van der Waals surface area contributed by atoms with E-state index in [9.17, 15) is 4.79 Å². The summed E-state index contributed by atoms with van der Waals surface area (Å²) in [4.78, 5) is 12.3. The molecule has 1 aliphatic carbocycles. The number of carbonyl (C=O) groups excluding carboxylic acids is 1. The van der Waals surface area contributed by atoms with E-state index in [1.165, 1.54) is 34.0 Å². The average Bonchev–Trinajstić information content (AvgIpc) is 3.24. The van der Waals surface area contributed by atoms with Crippen LogP contribution in [-0.2, 0) is 11.2 Å². The van der Waals surface area contributed by atoms with Crippen molar-refractivity contribution in [3.8, 4) is 11.1 Å². The molecule has 0 spiro atoms. The zero-order valence-electron chi connectivity index (χ0n) is 14.8. The molecular weight excluding hydrogens is 344 g/mol. The van der Waals surface area contributed by atoms with Crippen LogP contribution in [0.2, 0.25) is 0 Å². The van der Waals surface area contributed by atoms with Crippen LogP contribution in [0.4, 0.5) is 5.69 Å². The van der Waals surface area contributed by atoms with Gasteiger partial charge in [-0.3, -0.25) is 4.79 Å². The van der Waals surface area contributed by atoms with Crippen LogP contribution in [0.3, 0.4) is 0 Å². The second kappa shape index (κ2) is 6.96. The summed E-state index contributed by atoms with van der Waals surface area (Å²) in [6.07, 6.45) is 2.62. The van der Waals surface area contributed by atoms with Crippen LogP contribution in [0.1, 0.15) is 31.0 Å². The summed E-state index contributed by atoms with van der Waals surface area (Å²) in [6.45, 7) is 4.13. The molecule has 0 atom stereocenters. The molecule has 1 aliphatic rings. The molecule has 26 heavy (non-hydrogen) atoms. The molecule has 1 aromatic heterocycles.